The molecule has 1 rings (SSSR count). The molecule has 0 bridgehead atoms. The van der Waals surface area contributed by atoms with Crippen molar-refractivity contribution in [3.05, 3.63) is 0 Å². The van der Waals surface area contributed by atoms with Crippen LogP contribution in [0.2, 0.25) is 0 Å². The average Bonchev–Trinajstić information content (AvgIpc) is 1.88. The molecule has 2 unspecified atom stereocenters. The number of hydrogen-bond donors (Lipinski definition) is 0. The summed E-state index contributed by atoms with van der Waals surface area (Å²) in [5.74, 6) is 0. The maximum absolute atomic E-state index is 2.58. The maximum atomic E-state index is 2.58. The molecule has 1 saturated carbocycles. The molecule has 1 aliphatic rings. The van der Waals surface area contributed by atoms with Crippen LogP contribution < -0.4 is 0 Å². The molecule has 0 aliphatic heterocycles. The summed E-state index contributed by atoms with van der Waals surface area (Å²) in [5, 5.41) is 0. The van der Waals surface area contributed by atoms with E-state index >= 15 is 0 Å². The second-order valence-corrected chi connectivity index (χ2v) is 5.14. The summed E-state index contributed by atoms with van der Waals surface area (Å²) in [4.78, 5) is 2.37. The summed E-state index contributed by atoms with van der Waals surface area (Å²) in [6, 6.07) is 0.857. The van der Waals surface area contributed by atoms with E-state index in [4.69, 9.17) is 0 Å². The fraction of sp³-hybridized carbons (Fsp3) is 1.00. The predicted octanol–water partition coefficient (Wildman–Crippen LogP) is 2.29. The van der Waals surface area contributed by atoms with Gasteiger partial charge >= 0.3 is 0 Å². The van der Waals surface area contributed by atoms with Gasteiger partial charge in [-0.3, -0.25) is 0 Å². The van der Waals surface area contributed by atoms with Crippen molar-refractivity contribution in [2.24, 2.45) is 0 Å². The third kappa shape index (κ3) is 2.38. The van der Waals surface area contributed by atoms with Gasteiger partial charge in [0.15, 0.2) is 0 Å². The van der Waals surface area contributed by atoms with Gasteiger partial charge in [0, 0.05) is 9.97 Å². The Bertz CT molecular complexity index is 103. The van der Waals surface area contributed by atoms with E-state index in [9.17, 15) is 0 Å². The van der Waals surface area contributed by atoms with Crippen molar-refractivity contribution in [2.75, 3.05) is 14.1 Å². The summed E-state index contributed by atoms with van der Waals surface area (Å²) in [5.41, 5.74) is 0. The van der Waals surface area contributed by atoms with Crippen LogP contribution >= 0.6 is 22.6 Å². The van der Waals surface area contributed by atoms with Gasteiger partial charge in [-0.25, -0.2) is 0 Å². The molecule has 0 spiro atoms. The standard InChI is InChI=1S/C8H16IN/c1-10(2)8-5-3-4-7(9)6-8/h7-8H,3-6H2,1-2H3. The Balaban J connectivity index is 2.32. The number of halogens is 1. The Labute approximate surface area is 77.3 Å². The molecule has 0 N–H and O–H groups in total. The van der Waals surface area contributed by atoms with Crippen LogP contribution in [0.1, 0.15) is 25.7 Å². The van der Waals surface area contributed by atoms with Crippen LogP contribution in [0.4, 0.5) is 0 Å². The van der Waals surface area contributed by atoms with Crippen LogP contribution in [0.15, 0.2) is 0 Å². The normalized spacial score (nSPS) is 34.8. The Hall–Kier alpha value is 0.690. The summed E-state index contributed by atoms with van der Waals surface area (Å²) in [6.45, 7) is 0. The molecular weight excluding hydrogens is 237 g/mol. The first-order valence-electron chi connectivity index (χ1n) is 4.00. The number of nitrogens with zero attached hydrogens (tertiary/aromatic N) is 1. The topological polar surface area (TPSA) is 3.24 Å². The van der Waals surface area contributed by atoms with Crippen molar-refractivity contribution in [1.82, 2.24) is 4.90 Å². The Morgan fingerprint density at radius 1 is 1.30 bits per heavy atom. The lowest BCUT2D eigenvalue weighted by Crippen LogP contribution is -2.33. The van der Waals surface area contributed by atoms with Crippen molar-refractivity contribution in [3.63, 3.8) is 0 Å². The van der Waals surface area contributed by atoms with E-state index in [-0.39, 0.29) is 0 Å². The predicted molar refractivity (Wildman–Crippen MR) is 53.8 cm³/mol. The van der Waals surface area contributed by atoms with E-state index in [1.165, 1.54) is 25.7 Å². The summed E-state index contributed by atoms with van der Waals surface area (Å²) < 4.78 is 0.929. The molecule has 0 amide bonds. The monoisotopic (exact) mass is 253 g/mol. The Morgan fingerprint density at radius 3 is 2.40 bits per heavy atom. The van der Waals surface area contributed by atoms with Gasteiger partial charge in [-0.2, -0.15) is 0 Å². The van der Waals surface area contributed by atoms with Gasteiger partial charge < -0.3 is 4.90 Å². The van der Waals surface area contributed by atoms with Crippen LogP contribution in [-0.2, 0) is 0 Å². The van der Waals surface area contributed by atoms with Crippen molar-refractivity contribution in [1.29, 1.82) is 0 Å². The third-order valence-electron chi connectivity index (χ3n) is 2.31. The SMILES string of the molecule is CN(C)C1CCCC(I)C1. The Morgan fingerprint density at radius 2 is 2.00 bits per heavy atom. The smallest absolute Gasteiger partial charge is 0.0124 e. The first-order valence-corrected chi connectivity index (χ1v) is 5.25. The van der Waals surface area contributed by atoms with E-state index in [1.54, 1.807) is 0 Å². The first kappa shape index (κ1) is 8.78. The molecule has 2 atom stereocenters. The molecule has 10 heavy (non-hydrogen) atoms. The van der Waals surface area contributed by atoms with Gasteiger partial charge in [0.25, 0.3) is 0 Å². The van der Waals surface area contributed by atoms with Crippen molar-refractivity contribution in [3.8, 4) is 0 Å². The molecule has 1 aliphatic carbocycles. The fourth-order valence-corrected chi connectivity index (χ4v) is 2.60. The van der Waals surface area contributed by atoms with E-state index in [2.05, 4.69) is 41.6 Å². The van der Waals surface area contributed by atoms with Gasteiger partial charge in [-0.1, -0.05) is 29.0 Å². The second kappa shape index (κ2) is 3.90. The van der Waals surface area contributed by atoms with E-state index < -0.39 is 0 Å². The van der Waals surface area contributed by atoms with Crippen LogP contribution in [0.5, 0.6) is 0 Å². The van der Waals surface area contributed by atoms with Crippen molar-refractivity contribution in [2.45, 2.75) is 35.6 Å². The van der Waals surface area contributed by atoms with E-state index in [0.717, 1.165) is 9.97 Å². The molecule has 2 heteroatoms. The van der Waals surface area contributed by atoms with Gasteiger partial charge in [0.2, 0.25) is 0 Å². The van der Waals surface area contributed by atoms with Crippen LogP contribution in [0.3, 0.4) is 0 Å². The summed E-state index contributed by atoms with van der Waals surface area (Å²) in [6.07, 6.45) is 5.67. The van der Waals surface area contributed by atoms with Crippen LogP contribution in [-0.4, -0.2) is 29.0 Å². The van der Waals surface area contributed by atoms with Gasteiger partial charge in [-0.05, 0) is 33.4 Å². The number of alkyl halides is 1. The molecule has 60 valence electrons. The van der Waals surface area contributed by atoms with Crippen molar-refractivity contribution < 1.29 is 0 Å². The molecule has 0 saturated heterocycles. The molecular formula is C8H16IN. The van der Waals surface area contributed by atoms with Crippen molar-refractivity contribution >= 4 is 22.6 Å². The van der Waals surface area contributed by atoms with Crippen LogP contribution in [0, 0.1) is 0 Å². The summed E-state index contributed by atoms with van der Waals surface area (Å²) >= 11 is 2.58. The van der Waals surface area contributed by atoms with E-state index in [1.807, 2.05) is 0 Å². The highest BCUT2D eigenvalue weighted by Gasteiger charge is 2.20. The zero-order valence-electron chi connectivity index (χ0n) is 6.81. The molecule has 0 aromatic rings. The molecule has 0 radical (unpaired) electrons. The maximum Gasteiger partial charge on any atom is 0.0124 e. The molecule has 1 nitrogen and oxygen atoms in total. The second-order valence-electron chi connectivity index (χ2n) is 3.38. The van der Waals surface area contributed by atoms with E-state index in [0.29, 0.717) is 0 Å². The Kier molecular flexibility index (Phi) is 3.43. The quantitative estimate of drug-likeness (QED) is 0.512. The lowest BCUT2D eigenvalue weighted by molar-refractivity contribution is 0.236. The number of hydrogen-bond acceptors (Lipinski definition) is 1. The summed E-state index contributed by atoms with van der Waals surface area (Å²) in [7, 11) is 4.39. The zero-order chi connectivity index (χ0) is 7.56. The molecule has 0 aromatic carbocycles. The highest BCUT2D eigenvalue weighted by molar-refractivity contribution is 14.1. The molecule has 1 fully saturated rings. The lowest BCUT2D eigenvalue weighted by Gasteiger charge is -2.30. The zero-order valence-corrected chi connectivity index (χ0v) is 8.97. The van der Waals surface area contributed by atoms with Gasteiger partial charge in [-0.15, -0.1) is 0 Å². The highest BCUT2D eigenvalue weighted by Crippen LogP contribution is 2.26. The number of rotatable bonds is 1. The minimum atomic E-state index is 0.857. The van der Waals surface area contributed by atoms with Gasteiger partial charge in [0.05, 0.1) is 0 Å². The molecule has 0 heterocycles. The minimum Gasteiger partial charge on any atom is -0.306 e. The highest BCUT2D eigenvalue weighted by atomic mass is 127. The third-order valence-corrected chi connectivity index (χ3v) is 3.44. The lowest BCUT2D eigenvalue weighted by atomic mass is 9.95. The van der Waals surface area contributed by atoms with Gasteiger partial charge in [0.1, 0.15) is 0 Å². The average molecular weight is 253 g/mol. The minimum absolute atomic E-state index is 0.857. The fourth-order valence-electron chi connectivity index (χ4n) is 1.57. The largest absolute Gasteiger partial charge is 0.306 e. The molecule has 0 aromatic heterocycles. The van der Waals surface area contributed by atoms with Crippen LogP contribution in [0.25, 0.3) is 0 Å². The first-order chi connectivity index (χ1) is 4.70.